The van der Waals surface area contributed by atoms with Crippen molar-refractivity contribution in [3.05, 3.63) is 90.0 Å². The highest BCUT2D eigenvalue weighted by atomic mass is 19.1. The molecule has 0 saturated carbocycles. The Labute approximate surface area is 199 Å². The Hall–Kier alpha value is -3.58. The van der Waals surface area contributed by atoms with Gasteiger partial charge in [0.1, 0.15) is 5.82 Å². The van der Waals surface area contributed by atoms with Crippen molar-refractivity contribution in [2.45, 2.75) is 25.7 Å². The SMILES string of the molecule is CC(=O)Nc1ccc(C(=O)N(CCN2CCC(c3ccc(F)cc3)CC2)c2cccnc2)cc1. The fourth-order valence-electron chi connectivity index (χ4n) is 4.38. The van der Waals surface area contributed by atoms with E-state index in [1.165, 1.54) is 24.6 Å². The number of carbonyl (C=O) groups excluding carboxylic acids is 2. The molecule has 7 heteroatoms. The summed E-state index contributed by atoms with van der Waals surface area (Å²) in [5.74, 6) is -0.0241. The van der Waals surface area contributed by atoms with E-state index in [9.17, 15) is 14.0 Å². The van der Waals surface area contributed by atoms with Crippen molar-refractivity contribution in [1.82, 2.24) is 9.88 Å². The number of halogens is 1. The summed E-state index contributed by atoms with van der Waals surface area (Å²) in [5, 5.41) is 2.72. The van der Waals surface area contributed by atoms with E-state index in [4.69, 9.17) is 0 Å². The molecule has 1 N–H and O–H groups in total. The summed E-state index contributed by atoms with van der Waals surface area (Å²) in [6, 6.07) is 17.5. The van der Waals surface area contributed by atoms with Crippen LogP contribution in [0, 0.1) is 5.82 Å². The topological polar surface area (TPSA) is 65.5 Å². The molecule has 34 heavy (non-hydrogen) atoms. The van der Waals surface area contributed by atoms with Crippen LogP contribution in [0.5, 0.6) is 0 Å². The zero-order valence-corrected chi connectivity index (χ0v) is 19.3. The summed E-state index contributed by atoms with van der Waals surface area (Å²) in [4.78, 5) is 33.0. The molecule has 0 aliphatic carbocycles. The molecule has 176 valence electrons. The van der Waals surface area contributed by atoms with Crippen LogP contribution in [-0.4, -0.2) is 47.9 Å². The minimum atomic E-state index is -0.203. The summed E-state index contributed by atoms with van der Waals surface area (Å²) < 4.78 is 13.2. The fourth-order valence-corrected chi connectivity index (χ4v) is 4.38. The van der Waals surface area contributed by atoms with E-state index < -0.39 is 0 Å². The molecule has 6 nitrogen and oxygen atoms in total. The van der Waals surface area contributed by atoms with Crippen LogP contribution < -0.4 is 10.2 Å². The third kappa shape index (κ3) is 6.05. The molecule has 1 aliphatic heterocycles. The molecule has 1 aromatic heterocycles. The number of nitrogens with zero attached hydrogens (tertiary/aromatic N) is 3. The van der Waals surface area contributed by atoms with Gasteiger partial charge in [-0.1, -0.05) is 12.1 Å². The number of pyridine rings is 1. The number of piperidine rings is 1. The molecule has 4 rings (SSSR count). The fraction of sp³-hybridized carbons (Fsp3) is 0.296. The lowest BCUT2D eigenvalue weighted by molar-refractivity contribution is -0.114. The zero-order valence-electron chi connectivity index (χ0n) is 19.3. The zero-order chi connectivity index (χ0) is 23.9. The average Bonchev–Trinajstić information content (AvgIpc) is 2.86. The lowest BCUT2D eigenvalue weighted by Gasteiger charge is -2.34. The molecule has 1 saturated heterocycles. The largest absolute Gasteiger partial charge is 0.326 e. The van der Waals surface area contributed by atoms with Gasteiger partial charge in [0, 0.05) is 37.5 Å². The first-order chi connectivity index (χ1) is 16.5. The molecule has 2 aromatic carbocycles. The quantitative estimate of drug-likeness (QED) is 0.555. The Morgan fingerprint density at radius 3 is 2.38 bits per heavy atom. The van der Waals surface area contributed by atoms with Crippen molar-refractivity contribution in [1.29, 1.82) is 0 Å². The van der Waals surface area contributed by atoms with Gasteiger partial charge in [-0.3, -0.25) is 14.6 Å². The first-order valence-corrected chi connectivity index (χ1v) is 11.6. The van der Waals surface area contributed by atoms with Crippen molar-refractivity contribution in [3.8, 4) is 0 Å². The van der Waals surface area contributed by atoms with Gasteiger partial charge in [0.25, 0.3) is 5.91 Å². The van der Waals surface area contributed by atoms with Crippen LogP contribution in [0.25, 0.3) is 0 Å². The Bertz CT molecular complexity index is 1100. The van der Waals surface area contributed by atoms with E-state index in [-0.39, 0.29) is 17.6 Å². The van der Waals surface area contributed by atoms with Gasteiger partial charge < -0.3 is 15.1 Å². The standard InChI is InChI=1S/C27H29FN4O2/c1-20(33)30-25-10-6-23(7-11-25)27(34)32(26-3-2-14-29-19-26)18-17-31-15-12-22(13-16-31)21-4-8-24(28)9-5-21/h2-11,14,19,22H,12-13,15-18H2,1H3,(H,30,33). The second-order valence-electron chi connectivity index (χ2n) is 8.59. The number of anilines is 2. The number of amides is 2. The molecular weight excluding hydrogens is 431 g/mol. The first-order valence-electron chi connectivity index (χ1n) is 11.6. The molecule has 3 aromatic rings. The van der Waals surface area contributed by atoms with E-state index in [0.29, 0.717) is 23.7 Å². The molecule has 0 unspecified atom stereocenters. The van der Waals surface area contributed by atoms with Crippen LogP contribution in [0.3, 0.4) is 0 Å². The van der Waals surface area contributed by atoms with Crippen LogP contribution in [0.15, 0.2) is 73.1 Å². The van der Waals surface area contributed by atoms with Crippen LogP contribution in [-0.2, 0) is 4.79 Å². The van der Waals surface area contributed by atoms with Crippen molar-refractivity contribution < 1.29 is 14.0 Å². The maximum absolute atomic E-state index is 13.4. The number of carbonyl (C=O) groups is 2. The molecule has 0 atom stereocenters. The monoisotopic (exact) mass is 460 g/mol. The van der Waals surface area contributed by atoms with Gasteiger partial charge in [-0.25, -0.2) is 4.39 Å². The Kier molecular flexibility index (Phi) is 7.65. The second-order valence-corrected chi connectivity index (χ2v) is 8.59. The summed E-state index contributed by atoms with van der Waals surface area (Å²) in [5.41, 5.74) is 3.14. The van der Waals surface area contributed by atoms with Gasteiger partial charge in [0.2, 0.25) is 5.91 Å². The van der Waals surface area contributed by atoms with Gasteiger partial charge in [-0.05, 0) is 85.9 Å². The number of aromatic nitrogens is 1. The van der Waals surface area contributed by atoms with Crippen LogP contribution in [0.1, 0.15) is 41.6 Å². The summed E-state index contributed by atoms with van der Waals surface area (Å²) >= 11 is 0. The van der Waals surface area contributed by atoms with E-state index in [2.05, 4.69) is 15.2 Å². The minimum absolute atomic E-state index is 0.108. The van der Waals surface area contributed by atoms with Gasteiger partial charge in [-0.2, -0.15) is 0 Å². The summed E-state index contributed by atoms with van der Waals surface area (Å²) in [6.07, 6.45) is 5.41. The predicted molar refractivity (Wildman–Crippen MR) is 131 cm³/mol. The van der Waals surface area contributed by atoms with Gasteiger partial charge in [0.15, 0.2) is 0 Å². The Morgan fingerprint density at radius 2 is 1.76 bits per heavy atom. The number of nitrogens with one attached hydrogen (secondary N) is 1. The number of hydrogen-bond donors (Lipinski definition) is 1. The second kappa shape index (κ2) is 11.0. The van der Waals surface area contributed by atoms with Gasteiger partial charge in [-0.15, -0.1) is 0 Å². The molecule has 0 radical (unpaired) electrons. The van der Waals surface area contributed by atoms with Gasteiger partial charge >= 0.3 is 0 Å². The maximum atomic E-state index is 13.4. The molecule has 0 bridgehead atoms. The van der Waals surface area contributed by atoms with Crippen LogP contribution in [0.2, 0.25) is 0 Å². The van der Waals surface area contributed by atoms with E-state index in [1.807, 2.05) is 24.3 Å². The number of hydrogen-bond acceptors (Lipinski definition) is 4. The molecule has 2 amide bonds. The molecule has 0 spiro atoms. The average molecular weight is 461 g/mol. The smallest absolute Gasteiger partial charge is 0.258 e. The van der Waals surface area contributed by atoms with Crippen molar-refractivity contribution in [2.75, 3.05) is 36.4 Å². The highest BCUT2D eigenvalue weighted by Crippen LogP contribution is 2.28. The Balaban J connectivity index is 1.40. The number of rotatable bonds is 7. The van der Waals surface area contributed by atoms with Gasteiger partial charge in [0.05, 0.1) is 11.9 Å². The highest BCUT2D eigenvalue weighted by Gasteiger charge is 2.23. The third-order valence-corrected chi connectivity index (χ3v) is 6.22. The lowest BCUT2D eigenvalue weighted by Crippen LogP contribution is -2.41. The number of benzene rings is 2. The van der Waals surface area contributed by atoms with E-state index >= 15 is 0 Å². The van der Waals surface area contributed by atoms with Crippen LogP contribution in [0.4, 0.5) is 15.8 Å². The van der Waals surface area contributed by atoms with Crippen molar-refractivity contribution in [2.24, 2.45) is 0 Å². The highest BCUT2D eigenvalue weighted by molar-refractivity contribution is 6.06. The van der Waals surface area contributed by atoms with E-state index in [0.717, 1.165) is 38.2 Å². The maximum Gasteiger partial charge on any atom is 0.258 e. The Morgan fingerprint density at radius 1 is 1.06 bits per heavy atom. The van der Waals surface area contributed by atoms with Crippen LogP contribution >= 0.6 is 0 Å². The van der Waals surface area contributed by atoms with E-state index in [1.54, 1.807) is 41.6 Å². The van der Waals surface area contributed by atoms with Crippen molar-refractivity contribution in [3.63, 3.8) is 0 Å². The first kappa shape index (κ1) is 23.6. The third-order valence-electron chi connectivity index (χ3n) is 6.22. The normalized spacial score (nSPS) is 14.5. The lowest BCUT2D eigenvalue weighted by atomic mass is 9.89. The number of likely N-dealkylation sites (tertiary alicyclic amines) is 1. The summed E-state index contributed by atoms with van der Waals surface area (Å²) in [6.45, 7) is 4.61. The molecular formula is C27H29FN4O2. The molecule has 1 fully saturated rings. The minimum Gasteiger partial charge on any atom is -0.326 e. The van der Waals surface area contributed by atoms with Crippen molar-refractivity contribution >= 4 is 23.2 Å². The molecule has 2 heterocycles. The predicted octanol–water partition coefficient (Wildman–Crippen LogP) is 4.71. The molecule has 1 aliphatic rings. The summed E-state index contributed by atoms with van der Waals surface area (Å²) in [7, 11) is 0.